The van der Waals surface area contributed by atoms with Crippen molar-refractivity contribution in [2.45, 2.75) is 6.04 Å². The third-order valence-electron chi connectivity index (χ3n) is 2.37. The third kappa shape index (κ3) is 2.79. The standard InChI is InChI=1S/C11H14N4O2/c1-17-6-5-13-11-14-9(10(16)15-11)8-3-2-4-12-7-8/h2-4,7,9H,5-6H2,1H3,(H2,13,14,15,16). The predicted octanol–water partition coefficient (Wildman–Crippen LogP) is -0.156. The van der Waals surface area contributed by atoms with Gasteiger partial charge in [-0.15, -0.1) is 0 Å². The zero-order valence-electron chi connectivity index (χ0n) is 9.51. The Morgan fingerprint density at radius 2 is 2.47 bits per heavy atom. The van der Waals surface area contributed by atoms with Crippen molar-refractivity contribution < 1.29 is 9.53 Å². The van der Waals surface area contributed by atoms with Crippen LogP contribution in [0, 0.1) is 0 Å². The number of nitrogens with zero attached hydrogens (tertiary/aromatic N) is 2. The van der Waals surface area contributed by atoms with Crippen LogP contribution in [0.25, 0.3) is 0 Å². The van der Waals surface area contributed by atoms with Crippen molar-refractivity contribution in [3.8, 4) is 0 Å². The summed E-state index contributed by atoms with van der Waals surface area (Å²) in [5.41, 5.74) is 0.821. The molecule has 17 heavy (non-hydrogen) atoms. The summed E-state index contributed by atoms with van der Waals surface area (Å²) in [4.78, 5) is 19.9. The van der Waals surface area contributed by atoms with E-state index >= 15 is 0 Å². The number of hydrogen-bond acceptors (Lipinski definition) is 4. The largest absolute Gasteiger partial charge is 0.383 e. The third-order valence-corrected chi connectivity index (χ3v) is 2.37. The molecule has 0 aliphatic carbocycles. The summed E-state index contributed by atoms with van der Waals surface area (Å²) in [5, 5.41) is 5.69. The number of pyridine rings is 1. The number of ether oxygens (including phenoxy) is 1. The number of nitrogens with one attached hydrogen (secondary N) is 2. The normalized spacial score (nSPS) is 21.4. The fourth-order valence-electron chi connectivity index (χ4n) is 1.54. The lowest BCUT2D eigenvalue weighted by Gasteiger charge is -2.06. The van der Waals surface area contributed by atoms with Gasteiger partial charge in [-0.1, -0.05) is 6.07 Å². The van der Waals surface area contributed by atoms with E-state index in [1.54, 1.807) is 25.6 Å². The fraction of sp³-hybridized carbons (Fsp3) is 0.364. The van der Waals surface area contributed by atoms with Crippen molar-refractivity contribution >= 4 is 11.9 Å². The van der Waals surface area contributed by atoms with Crippen molar-refractivity contribution in [1.29, 1.82) is 0 Å². The lowest BCUT2D eigenvalue weighted by Crippen LogP contribution is -2.26. The van der Waals surface area contributed by atoms with Gasteiger partial charge in [0.15, 0.2) is 5.96 Å². The maximum atomic E-state index is 11.7. The Kier molecular flexibility index (Phi) is 3.66. The number of carbonyl (C=O) groups is 1. The molecule has 1 saturated heterocycles. The van der Waals surface area contributed by atoms with Gasteiger partial charge in [0, 0.05) is 25.1 Å². The summed E-state index contributed by atoms with van der Waals surface area (Å²) >= 11 is 0. The number of aromatic nitrogens is 1. The SMILES string of the molecule is COCCN=C1NC(=O)C(c2cccnc2)N1. The number of aliphatic imine (C=N–C) groups is 1. The molecule has 2 rings (SSSR count). The van der Waals surface area contributed by atoms with E-state index in [4.69, 9.17) is 4.74 Å². The van der Waals surface area contributed by atoms with Crippen LogP contribution in [-0.2, 0) is 9.53 Å². The quantitative estimate of drug-likeness (QED) is 0.710. The van der Waals surface area contributed by atoms with Crippen molar-refractivity contribution in [2.24, 2.45) is 4.99 Å². The van der Waals surface area contributed by atoms with Gasteiger partial charge in [0.25, 0.3) is 5.91 Å². The molecule has 1 aliphatic rings. The number of amides is 1. The number of methoxy groups -OCH3 is 1. The molecule has 1 atom stereocenters. The Labute approximate surface area is 99.1 Å². The first-order valence-corrected chi connectivity index (χ1v) is 5.32. The van der Waals surface area contributed by atoms with E-state index in [-0.39, 0.29) is 5.91 Å². The molecule has 0 radical (unpaired) electrons. The average Bonchev–Trinajstić information content (AvgIpc) is 2.72. The minimum Gasteiger partial charge on any atom is -0.383 e. The summed E-state index contributed by atoms with van der Waals surface area (Å²) < 4.78 is 4.88. The van der Waals surface area contributed by atoms with E-state index in [1.807, 2.05) is 6.07 Å². The molecule has 1 aromatic heterocycles. The Hall–Kier alpha value is -1.95. The van der Waals surface area contributed by atoms with Gasteiger partial charge >= 0.3 is 0 Å². The van der Waals surface area contributed by atoms with Crippen LogP contribution in [-0.4, -0.2) is 37.1 Å². The molecule has 2 N–H and O–H groups in total. The zero-order valence-corrected chi connectivity index (χ0v) is 9.51. The molecule has 1 fully saturated rings. The van der Waals surface area contributed by atoms with Crippen LogP contribution in [0.1, 0.15) is 11.6 Å². The van der Waals surface area contributed by atoms with Crippen LogP contribution in [0.4, 0.5) is 0 Å². The molecule has 6 heteroatoms. The smallest absolute Gasteiger partial charge is 0.253 e. The number of guanidine groups is 1. The molecule has 6 nitrogen and oxygen atoms in total. The van der Waals surface area contributed by atoms with E-state index in [0.29, 0.717) is 19.1 Å². The number of rotatable bonds is 4. The van der Waals surface area contributed by atoms with Crippen molar-refractivity contribution in [1.82, 2.24) is 15.6 Å². The lowest BCUT2D eigenvalue weighted by atomic mass is 10.1. The van der Waals surface area contributed by atoms with Crippen molar-refractivity contribution in [3.63, 3.8) is 0 Å². The molecule has 1 unspecified atom stereocenters. The minimum absolute atomic E-state index is 0.117. The molecular formula is C11H14N4O2. The molecule has 0 aromatic carbocycles. The highest BCUT2D eigenvalue weighted by Gasteiger charge is 2.29. The van der Waals surface area contributed by atoms with Gasteiger partial charge in [-0.25, -0.2) is 0 Å². The summed E-state index contributed by atoms with van der Waals surface area (Å²) in [6.07, 6.45) is 3.33. The van der Waals surface area contributed by atoms with Gasteiger partial charge < -0.3 is 10.1 Å². The summed E-state index contributed by atoms with van der Waals surface area (Å²) in [6, 6.07) is 3.23. The maximum absolute atomic E-state index is 11.7. The van der Waals surface area contributed by atoms with Crippen LogP contribution < -0.4 is 10.6 Å². The maximum Gasteiger partial charge on any atom is 0.253 e. The highest BCUT2D eigenvalue weighted by Crippen LogP contribution is 2.14. The lowest BCUT2D eigenvalue weighted by molar-refractivity contribution is -0.120. The first-order valence-electron chi connectivity index (χ1n) is 5.32. The van der Waals surface area contributed by atoms with Crippen LogP contribution in [0.5, 0.6) is 0 Å². The molecule has 1 amide bonds. The Bertz CT molecular complexity index is 419. The van der Waals surface area contributed by atoms with Crippen LogP contribution in [0.3, 0.4) is 0 Å². The Balaban J connectivity index is 2.03. The minimum atomic E-state index is -0.412. The van der Waals surface area contributed by atoms with Crippen LogP contribution in [0.15, 0.2) is 29.5 Å². The van der Waals surface area contributed by atoms with Gasteiger partial charge in [-0.3, -0.25) is 20.1 Å². The second-order valence-electron chi connectivity index (χ2n) is 3.58. The van der Waals surface area contributed by atoms with Crippen LogP contribution in [0.2, 0.25) is 0 Å². The monoisotopic (exact) mass is 234 g/mol. The average molecular weight is 234 g/mol. The molecule has 0 spiro atoms. The number of carbonyl (C=O) groups excluding carboxylic acids is 1. The van der Waals surface area contributed by atoms with Gasteiger partial charge in [0.1, 0.15) is 6.04 Å². The molecule has 0 saturated carbocycles. The van der Waals surface area contributed by atoms with E-state index in [2.05, 4.69) is 20.6 Å². The van der Waals surface area contributed by atoms with E-state index in [9.17, 15) is 4.79 Å². The first kappa shape index (κ1) is 11.5. The molecular weight excluding hydrogens is 220 g/mol. The predicted molar refractivity (Wildman–Crippen MR) is 62.4 cm³/mol. The Morgan fingerprint density at radius 3 is 3.18 bits per heavy atom. The van der Waals surface area contributed by atoms with Gasteiger partial charge in [-0.2, -0.15) is 0 Å². The van der Waals surface area contributed by atoms with Crippen molar-refractivity contribution in [3.05, 3.63) is 30.1 Å². The molecule has 1 aliphatic heterocycles. The van der Waals surface area contributed by atoms with Crippen molar-refractivity contribution in [2.75, 3.05) is 20.3 Å². The second kappa shape index (κ2) is 5.40. The van der Waals surface area contributed by atoms with Gasteiger partial charge in [0.05, 0.1) is 13.2 Å². The molecule has 90 valence electrons. The first-order chi connectivity index (χ1) is 8.31. The second-order valence-corrected chi connectivity index (χ2v) is 3.58. The van der Waals surface area contributed by atoms with E-state index < -0.39 is 6.04 Å². The summed E-state index contributed by atoms with van der Waals surface area (Å²) in [5.74, 6) is 0.370. The summed E-state index contributed by atoms with van der Waals surface area (Å²) in [7, 11) is 1.61. The Morgan fingerprint density at radius 1 is 1.59 bits per heavy atom. The zero-order chi connectivity index (χ0) is 12.1. The van der Waals surface area contributed by atoms with Gasteiger partial charge in [-0.05, 0) is 6.07 Å². The van der Waals surface area contributed by atoms with E-state index in [0.717, 1.165) is 5.56 Å². The highest BCUT2D eigenvalue weighted by atomic mass is 16.5. The molecule has 2 heterocycles. The fourth-order valence-corrected chi connectivity index (χ4v) is 1.54. The van der Waals surface area contributed by atoms with Crippen LogP contribution >= 0.6 is 0 Å². The highest BCUT2D eigenvalue weighted by molar-refractivity contribution is 6.06. The van der Waals surface area contributed by atoms with E-state index in [1.165, 1.54) is 0 Å². The molecule has 0 bridgehead atoms. The topological polar surface area (TPSA) is 75.6 Å². The number of hydrogen-bond donors (Lipinski definition) is 2. The van der Waals surface area contributed by atoms with Gasteiger partial charge in [0.2, 0.25) is 0 Å². The molecule has 1 aromatic rings. The summed E-state index contributed by atoms with van der Waals surface area (Å²) in [6.45, 7) is 1.04.